The molecule has 0 bridgehead atoms. The Morgan fingerprint density at radius 3 is 0.639 bits per heavy atom. The number of nitrogens with zero attached hydrogens (tertiary/aromatic N) is 2. The Hall–Kier alpha value is 2.40. The first-order valence-electron chi connectivity index (χ1n) is 11.5. The van der Waals surface area contributed by atoms with Crippen LogP contribution in [0.2, 0.25) is 0 Å². The molecule has 0 aromatic carbocycles. The van der Waals surface area contributed by atoms with Crippen molar-refractivity contribution in [3.63, 3.8) is 0 Å². The molecule has 2 aliphatic heterocycles. The van der Waals surface area contributed by atoms with Crippen LogP contribution in [-0.2, 0) is 25.3 Å². The second-order valence-electron chi connectivity index (χ2n) is 9.92. The molecular weight excluding hydrogens is 777 g/mol. The van der Waals surface area contributed by atoms with E-state index in [1.54, 1.807) is 0 Å². The molecule has 0 aromatic heterocycles. The molecule has 0 radical (unpaired) electrons. The molecule has 36 heavy (non-hydrogen) atoms. The van der Waals surface area contributed by atoms with Crippen LogP contribution in [0.4, 0.5) is 0 Å². The van der Waals surface area contributed by atoms with Gasteiger partial charge in [-0.1, -0.05) is 8.64 Å². The van der Waals surface area contributed by atoms with E-state index >= 15 is 0 Å². The smallest absolute Gasteiger partial charge is 1.00 e. The van der Waals surface area contributed by atoms with E-state index < -0.39 is 0 Å². The molecule has 0 N–H and O–H groups in total. The van der Waals surface area contributed by atoms with Crippen molar-refractivity contribution in [2.45, 2.75) is 109 Å². The molecule has 0 unspecified atom stereocenters. The number of likely N-dealkylation sites (tertiary alicyclic amines) is 2. The summed E-state index contributed by atoms with van der Waals surface area (Å²) in [6, 6.07) is 0. The number of rotatable bonds is 0. The van der Waals surface area contributed by atoms with Gasteiger partial charge in [-0.05, 0) is 25.7 Å². The SMILES string of the molecule is C[C-](C)C.C[C-](C)C.C[C-](C)C.C[C-](C)C.S=C([S-])N1CCCC1.S=C([S-])N1CCCC1.[Cl-].[Cl-].[Sn+4].[Sn+4]. The zero-order valence-corrected chi connectivity index (χ0v) is 35.4. The molecule has 2 rings (SSSR count). The molecular formula is C26H52Cl2N2S4Sn2. The van der Waals surface area contributed by atoms with E-state index in [-0.39, 0.29) is 72.6 Å². The van der Waals surface area contributed by atoms with Crippen molar-refractivity contribution in [2.24, 2.45) is 0 Å². The van der Waals surface area contributed by atoms with Crippen LogP contribution in [0.25, 0.3) is 0 Å². The quantitative estimate of drug-likeness (QED) is 0.158. The molecule has 0 saturated carbocycles. The first kappa shape index (κ1) is 58.1. The Balaban J connectivity index is -0.0000000442. The van der Waals surface area contributed by atoms with Gasteiger partial charge in [0.05, 0.1) is 0 Å². The number of thiocarbonyl (C=S) groups is 2. The molecule has 2 nitrogen and oxygen atoms in total. The van der Waals surface area contributed by atoms with Gasteiger partial charge in [-0.3, -0.25) is 0 Å². The van der Waals surface area contributed by atoms with Crippen LogP contribution in [0.3, 0.4) is 0 Å². The van der Waals surface area contributed by atoms with Gasteiger partial charge < -0.3 is 108 Å². The average Bonchev–Trinajstić information content (AvgIpc) is 3.28. The standard InChI is InChI=1S/2C5H9NS2.4C4H9.2ClH.2Sn/c2*7-5(8)6-3-1-2-4-6;4*1-4(2)3;;;;/h2*1-4H2,(H,7,8);4*1-3H3;2*1H;;/q;;4*-1;;;2*+4/p-4. The van der Waals surface area contributed by atoms with Gasteiger partial charge in [0.15, 0.2) is 0 Å². The summed E-state index contributed by atoms with van der Waals surface area (Å²) in [6.45, 7) is 29.3. The fourth-order valence-corrected chi connectivity index (χ4v) is 2.53. The van der Waals surface area contributed by atoms with Gasteiger partial charge in [0, 0.05) is 26.2 Å². The summed E-state index contributed by atoms with van der Waals surface area (Å²) in [5, 5.41) is 0. The fraction of sp³-hybridized carbons (Fsp3) is 0.769. The van der Waals surface area contributed by atoms with E-state index in [0.29, 0.717) is 8.64 Å². The van der Waals surface area contributed by atoms with E-state index in [4.69, 9.17) is 49.7 Å². The van der Waals surface area contributed by atoms with Gasteiger partial charge in [-0.15, -0.1) is 0 Å². The van der Waals surface area contributed by atoms with E-state index in [9.17, 15) is 0 Å². The van der Waals surface area contributed by atoms with Gasteiger partial charge in [0.2, 0.25) is 0 Å². The van der Waals surface area contributed by atoms with Gasteiger partial charge in [-0.25, -0.2) is 0 Å². The van der Waals surface area contributed by atoms with E-state index in [2.05, 4.69) is 92.9 Å². The molecule has 2 fully saturated rings. The van der Waals surface area contributed by atoms with Crippen LogP contribution in [-0.4, -0.2) is 92.4 Å². The molecule has 2 heterocycles. The third-order valence-electron chi connectivity index (χ3n) is 2.73. The predicted octanol–water partition coefficient (Wildman–Crippen LogP) is 1.56. The Morgan fingerprint density at radius 2 is 0.583 bits per heavy atom. The Bertz CT molecular complexity index is 360. The molecule has 10 heteroatoms. The average molecular weight is 829 g/mol. The summed E-state index contributed by atoms with van der Waals surface area (Å²) in [5.74, 6) is 5.67. The normalized spacial score (nSPS) is 12.6. The Kier molecular flexibility index (Phi) is 67.6. The summed E-state index contributed by atoms with van der Waals surface area (Å²) >= 11 is 19.2. The maximum absolute atomic E-state index is 4.80. The molecule has 0 spiro atoms. The minimum absolute atomic E-state index is 0. The fourth-order valence-electron chi connectivity index (χ4n) is 1.80. The van der Waals surface area contributed by atoms with Crippen molar-refractivity contribution < 1.29 is 24.8 Å². The Morgan fingerprint density at radius 1 is 0.472 bits per heavy atom. The first-order chi connectivity index (χ1) is 14.5. The topological polar surface area (TPSA) is 6.48 Å². The van der Waals surface area contributed by atoms with Crippen molar-refractivity contribution >= 4 is 106 Å². The summed E-state index contributed by atoms with van der Waals surface area (Å²) < 4.78 is 1.28. The van der Waals surface area contributed by atoms with Crippen LogP contribution in [0, 0.1) is 23.7 Å². The van der Waals surface area contributed by atoms with Crippen LogP contribution in [0.15, 0.2) is 0 Å². The molecule has 0 atom stereocenters. The maximum Gasteiger partial charge on any atom is 4.00 e. The monoisotopic (exact) mass is 830 g/mol. The van der Waals surface area contributed by atoms with E-state index in [0.717, 1.165) is 26.2 Å². The Labute approximate surface area is 296 Å². The van der Waals surface area contributed by atoms with Crippen LogP contribution in [0.5, 0.6) is 0 Å². The number of halogens is 2. The van der Waals surface area contributed by atoms with E-state index in [1.807, 2.05) is 0 Å². The minimum atomic E-state index is 0. The van der Waals surface area contributed by atoms with Crippen molar-refractivity contribution in [3.05, 3.63) is 23.7 Å². The largest absolute Gasteiger partial charge is 4.00 e. The first-order valence-corrected chi connectivity index (χ1v) is 13.2. The summed E-state index contributed by atoms with van der Waals surface area (Å²) in [5.41, 5.74) is 0. The molecule has 2 aliphatic rings. The molecule has 0 aromatic rings. The van der Waals surface area contributed by atoms with Crippen molar-refractivity contribution in [1.29, 1.82) is 0 Å². The van der Waals surface area contributed by atoms with Crippen molar-refractivity contribution in [1.82, 2.24) is 9.80 Å². The van der Waals surface area contributed by atoms with Gasteiger partial charge >= 0.3 is 47.8 Å². The van der Waals surface area contributed by atoms with Gasteiger partial charge in [0.1, 0.15) is 0 Å². The zero-order valence-electron chi connectivity index (χ0n) is 24.9. The van der Waals surface area contributed by atoms with E-state index in [1.165, 1.54) is 49.4 Å². The van der Waals surface area contributed by atoms with Crippen LogP contribution >= 0.6 is 24.4 Å². The summed E-state index contributed by atoms with van der Waals surface area (Å²) in [7, 11) is 0. The minimum Gasteiger partial charge on any atom is -1.00 e. The third-order valence-corrected chi connectivity index (χ3v) is 3.76. The molecule has 2 saturated heterocycles. The zero-order chi connectivity index (χ0) is 26.3. The second kappa shape index (κ2) is 41.9. The van der Waals surface area contributed by atoms with Crippen molar-refractivity contribution in [3.8, 4) is 0 Å². The van der Waals surface area contributed by atoms with Crippen molar-refractivity contribution in [2.75, 3.05) is 26.2 Å². The second-order valence-corrected chi connectivity index (χ2v) is 12.0. The number of hydrogen-bond donors (Lipinski definition) is 0. The molecule has 0 aliphatic carbocycles. The number of hydrogen-bond acceptors (Lipinski definition) is 4. The van der Waals surface area contributed by atoms with Crippen LogP contribution in [0.1, 0.15) is 109 Å². The summed E-state index contributed by atoms with van der Waals surface area (Å²) in [6.07, 6.45) is 5.04. The van der Waals surface area contributed by atoms with Crippen LogP contribution < -0.4 is 24.8 Å². The predicted molar refractivity (Wildman–Crippen MR) is 174 cm³/mol. The van der Waals surface area contributed by atoms with Gasteiger partial charge in [0.25, 0.3) is 0 Å². The summed E-state index contributed by atoms with van der Waals surface area (Å²) in [4.78, 5) is 4.15. The molecule has 212 valence electrons. The third kappa shape index (κ3) is 76.6. The van der Waals surface area contributed by atoms with Gasteiger partial charge in [-0.2, -0.15) is 83.1 Å². The molecule has 0 amide bonds. The maximum atomic E-state index is 4.80.